The van der Waals surface area contributed by atoms with Crippen molar-refractivity contribution in [2.75, 3.05) is 24.5 Å². The van der Waals surface area contributed by atoms with Gasteiger partial charge in [0.1, 0.15) is 5.69 Å². The second kappa shape index (κ2) is 6.65. The van der Waals surface area contributed by atoms with E-state index in [-0.39, 0.29) is 0 Å². The molecule has 0 aliphatic carbocycles. The van der Waals surface area contributed by atoms with Gasteiger partial charge < -0.3 is 10.2 Å². The van der Waals surface area contributed by atoms with Gasteiger partial charge in [0.2, 0.25) is 5.82 Å². The molecule has 6 heteroatoms. The van der Waals surface area contributed by atoms with Crippen molar-refractivity contribution in [2.45, 2.75) is 32.2 Å². The maximum atomic E-state index is 13.7. The first-order valence-electron chi connectivity index (χ1n) is 7.04. The molecular formula is C14H20FN3O2. The van der Waals surface area contributed by atoms with Crippen LogP contribution >= 0.6 is 0 Å². The molecule has 5 nitrogen and oxygen atoms in total. The van der Waals surface area contributed by atoms with Gasteiger partial charge in [0.05, 0.1) is 4.92 Å². The number of nitrogens with one attached hydrogen (secondary N) is 1. The summed E-state index contributed by atoms with van der Waals surface area (Å²) >= 11 is 0. The summed E-state index contributed by atoms with van der Waals surface area (Å²) in [6.07, 6.45) is 3.04. The molecular weight excluding hydrogens is 261 g/mol. The van der Waals surface area contributed by atoms with Crippen LogP contribution in [0.2, 0.25) is 0 Å². The fourth-order valence-electron chi connectivity index (χ4n) is 2.70. The molecule has 0 saturated carbocycles. The normalized spacial score (nSPS) is 18.2. The van der Waals surface area contributed by atoms with E-state index in [1.807, 2.05) is 11.8 Å². The summed E-state index contributed by atoms with van der Waals surface area (Å²) < 4.78 is 13.7. The van der Waals surface area contributed by atoms with E-state index in [9.17, 15) is 14.5 Å². The minimum atomic E-state index is -0.770. The Balaban J connectivity index is 2.28. The van der Waals surface area contributed by atoms with Gasteiger partial charge in [0, 0.05) is 19.1 Å². The van der Waals surface area contributed by atoms with E-state index in [0.29, 0.717) is 24.8 Å². The van der Waals surface area contributed by atoms with E-state index in [1.165, 1.54) is 6.07 Å². The van der Waals surface area contributed by atoms with Crippen molar-refractivity contribution in [3.63, 3.8) is 0 Å². The van der Waals surface area contributed by atoms with Crippen molar-refractivity contribution in [1.29, 1.82) is 0 Å². The highest BCUT2D eigenvalue weighted by Crippen LogP contribution is 2.31. The number of halogens is 1. The Bertz CT molecular complexity index is 475. The number of hydrogen-bond donors (Lipinski definition) is 1. The third kappa shape index (κ3) is 3.25. The van der Waals surface area contributed by atoms with Gasteiger partial charge in [0.25, 0.3) is 0 Å². The highest BCUT2D eigenvalue weighted by atomic mass is 19.1. The summed E-state index contributed by atoms with van der Waals surface area (Å²) in [7, 11) is 0. The Morgan fingerprint density at radius 1 is 1.55 bits per heavy atom. The summed E-state index contributed by atoms with van der Waals surface area (Å²) in [6.45, 7) is 4.36. The first-order chi connectivity index (χ1) is 9.63. The van der Waals surface area contributed by atoms with Gasteiger partial charge in [-0.3, -0.25) is 10.1 Å². The number of anilines is 1. The van der Waals surface area contributed by atoms with Crippen LogP contribution in [0.15, 0.2) is 18.2 Å². The summed E-state index contributed by atoms with van der Waals surface area (Å²) in [5, 5.41) is 14.5. The summed E-state index contributed by atoms with van der Waals surface area (Å²) in [5.74, 6) is -0.770. The molecule has 1 aliphatic rings. The number of para-hydroxylation sites is 1. The molecule has 1 saturated heterocycles. The van der Waals surface area contributed by atoms with E-state index < -0.39 is 16.4 Å². The Kier molecular flexibility index (Phi) is 4.89. The molecule has 1 aliphatic heterocycles. The summed E-state index contributed by atoms with van der Waals surface area (Å²) in [4.78, 5) is 12.4. The van der Waals surface area contributed by atoms with Crippen molar-refractivity contribution >= 4 is 11.4 Å². The molecule has 1 atom stereocenters. The Labute approximate surface area is 117 Å². The molecule has 1 N–H and O–H groups in total. The number of rotatable bonds is 6. The zero-order valence-electron chi connectivity index (χ0n) is 11.6. The van der Waals surface area contributed by atoms with Gasteiger partial charge in [-0.1, -0.05) is 13.0 Å². The minimum Gasteiger partial charge on any atom is -0.364 e. The predicted octanol–water partition coefficient (Wildman–Crippen LogP) is 2.70. The lowest BCUT2D eigenvalue weighted by molar-refractivity contribution is -0.386. The molecule has 110 valence electrons. The average Bonchev–Trinajstić information content (AvgIpc) is 2.90. The Morgan fingerprint density at radius 2 is 2.35 bits per heavy atom. The third-order valence-corrected chi connectivity index (χ3v) is 3.59. The molecule has 0 bridgehead atoms. The van der Waals surface area contributed by atoms with Crippen LogP contribution in [0.4, 0.5) is 15.8 Å². The van der Waals surface area contributed by atoms with Crippen LogP contribution in [0.3, 0.4) is 0 Å². The van der Waals surface area contributed by atoms with E-state index in [4.69, 9.17) is 0 Å². The molecule has 1 heterocycles. The van der Waals surface area contributed by atoms with Crippen LogP contribution in [0.25, 0.3) is 0 Å². The van der Waals surface area contributed by atoms with E-state index in [0.717, 1.165) is 31.9 Å². The lowest BCUT2D eigenvalue weighted by atomic mass is 10.1. The zero-order valence-corrected chi connectivity index (χ0v) is 11.6. The molecule has 1 unspecified atom stereocenters. The largest absolute Gasteiger partial charge is 0.364 e. The first-order valence-corrected chi connectivity index (χ1v) is 7.04. The lowest BCUT2D eigenvalue weighted by Crippen LogP contribution is -2.38. The molecule has 2 rings (SSSR count). The van der Waals surface area contributed by atoms with Gasteiger partial charge in [-0.2, -0.15) is 4.39 Å². The first kappa shape index (κ1) is 14.7. The molecule has 0 radical (unpaired) electrons. The van der Waals surface area contributed by atoms with Crippen LogP contribution in [-0.2, 0) is 0 Å². The van der Waals surface area contributed by atoms with Crippen molar-refractivity contribution in [3.8, 4) is 0 Å². The number of benzene rings is 1. The Hall–Kier alpha value is -1.69. The number of nitro groups is 1. The SMILES string of the molecule is CCCN(CC1CCCN1)c1cccc(F)c1[N+](=O)[O-]. The fraction of sp³-hybridized carbons (Fsp3) is 0.571. The molecule has 0 aromatic heterocycles. The van der Waals surface area contributed by atoms with Crippen molar-refractivity contribution in [2.24, 2.45) is 0 Å². The van der Waals surface area contributed by atoms with Crippen LogP contribution in [0.1, 0.15) is 26.2 Å². The van der Waals surface area contributed by atoms with Crippen LogP contribution < -0.4 is 10.2 Å². The third-order valence-electron chi connectivity index (χ3n) is 3.59. The molecule has 1 aromatic rings. The summed E-state index contributed by atoms with van der Waals surface area (Å²) in [5.41, 5.74) is -0.0375. The quantitative estimate of drug-likeness (QED) is 0.643. The smallest absolute Gasteiger partial charge is 0.327 e. The average molecular weight is 281 g/mol. The highest BCUT2D eigenvalue weighted by Gasteiger charge is 2.26. The second-order valence-corrected chi connectivity index (χ2v) is 5.10. The fourth-order valence-corrected chi connectivity index (χ4v) is 2.70. The van der Waals surface area contributed by atoms with Crippen molar-refractivity contribution < 1.29 is 9.31 Å². The molecule has 0 spiro atoms. The topological polar surface area (TPSA) is 58.4 Å². The highest BCUT2D eigenvalue weighted by molar-refractivity contribution is 5.64. The van der Waals surface area contributed by atoms with Gasteiger partial charge in [-0.05, 0) is 37.9 Å². The van der Waals surface area contributed by atoms with Gasteiger partial charge in [-0.25, -0.2) is 0 Å². The van der Waals surface area contributed by atoms with Gasteiger partial charge >= 0.3 is 5.69 Å². The zero-order chi connectivity index (χ0) is 14.5. The number of nitrogens with zero attached hydrogens (tertiary/aromatic N) is 2. The van der Waals surface area contributed by atoms with E-state index in [2.05, 4.69) is 5.32 Å². The molecule has 20 heavy (non-hydrogen) atoms. The van der Waals surface area contributed by atoms with Crippen molar-refractivity contribution in [3.05, 3.63) is 34.1 Å². The number of hydrogen-bond acceptors (Lipinski definition) is 4. The maximum absolute atomic E-state index is 13.7. The molecule has 0 amide bonds. The molecule has 1 aromatic carbocycles. The van der Waals surface area contributed by atoms with Gasteiger partial charge in [-0.15, -0.1) is 0 Å². The van der Waals surface area contributed by atoms with Crippen LogP contribution in [0, 0.1) is 15.9 Å². The lowest BCUT2D eigenvalue weighted by Gasteiger charge is -2.27. The Morgan fingerprint density at radius 3 is 2.95 bits per heavy atom. The second-order valence-electron chi connectivity index (χ2n) is 5.10. The van der Waals surface area contributed by atoms with Gasteiger partial charge in [0.15, 0.2) is 0 Å². The molecule has 1 fully saturated rings. The standard InChI is InChI=1S/C14H20FN3O2/c1-2-9-17(10-11-5-4-8-16-11)13-7-3-6-12(15)14(13)18(19)20/h3,6-7,11,16H,2,4-5,8-10H2,1H3. The van der Waals surface area contributed by atoms with Crippen molar-refractivity contribution in [1.82, 2.24) is 5.32 Å². The number of nitro benzene ring substituents is 1. The minimum absolute atomic E-state index is 0.324. The van der Waals surface area contributed by atoms with E-state index in [1.54, 1.807) is 6.07 Å². The summed E-state index contributed by atoms with van der Waals surface area (Å²) in [6, 6.07) is 4.62. The predicted molar refractivity (Wildman–Crippen MR) is 76.6 cm³/mol. The van der Waals surface area contributed by atoms with Crippen LogP contribution in [0.5, 0.6) is 0 Å². The van der Waals surface area contributed by atoms with E-state index >= 15 is 0 Å². The monoisotopic (exact) mass is 281 g/mol. The maximum Gasteiger partial charge on any atom is 0.327 e. The van der Waals surface area contributed by atoms with Crippen LogP contribution in [-0.4, -0.2) is 30.6 Å².